The summed E-state index contributed by atoms with van der Waals surface area (Å²) in [6, 6.07) is 8.81. The molecule has 126 valence electrons. The molecule has 0 aliphatic heterocycles. The summed E-state index contributed by atoms with van der Waals surface area (Å²) < 4.78 is 5.09. The zero-order valence-electron chi connectivity index (χ0n) is 15.0. The normalized spacial score (nSPS) is 24.7. The molecule has 1 aliphatic rings. The minimum atomic E-state index is -0.417. The van der Waals surface area contributed by atoms with Crippen LogP contribution in [0, 0.1) is 11.3 Å². The summed E-state index contributed by atoms with van der Waals surface area (Å²) in [5, 5.41) is 0. The summed E-state index contributed by atoms with van der Waals surface area (Å²) in [5.41, 5.74) is 3.52. The highest BCUT2D eigenvalue weighted by atomic mass is 16.5. The molecule has 2 rings (SSSR count). The van der Waals surface area contributed by atoms with Crippen LogP contribution in [-0.2, 0) is 16.0 Å². The SMILES string of the molecule is C=C1CCC[C@@](C)(C(=O)OC)[C@@H]1CCc1cccc(C(C)C)c1. The predicted molar refractivity (Wildman–Crippen MR) is 95.5 cm³/mol. The molecule has 0 amide bonds. The van der Waals surface area contributed by atoms with Crippen molar-refractivity contribution in [2.45, 2.75) is 58.8 Å². The van der Waals surface area contributed by atoms with Gasteiger partial charge in [0.05, 0.1) is 12.5 Å². The second kappa shape index (κ2) is 7.33. The first kappa shape index (κ1) is 17.8. The van der Waals surface area contributed by atoms with Crippen molar-refractivity contribution in [3.63, 3.8) is 0 Å². The Labute approximate surface area is 140 Å². The number of aryl methyl sites for hydroxylation is 1. The molecule has 0 aromatic heterocycles. The van der Waals surface area contributed by atoms with E-state index in [9.17, 15) is 4.79 Å². The van der Waals surface area contributed by atoms with Gasteiger partial charge in [-0.25, -0.2) is 0 Å². The van der Waals surface area contributed by atoms with Crippen molar-refractivity contribution in [2.24, 2.45) is 11.3 Å². The van der Waals surface area contributed by atoms with Crippen LogP contribution in [0.1, 0.15) is 63.5 Å². The van der Waals surface area contributed by atoms with Gasteiger partial charge in [-0.15, -0.1) is 0 Å². The maximum atomic E-state index is 12.3. The maximum absolute atomic E-state index is 12.3. The lowest BCUT2D eigenvalue weighted by Gasteiger charge is -2.40. The fourth-order valence-corrected chi connectivity index (χ4v) is 3.90. The Morgan fingerprint density at radius 2 is 2.17 bits per heavy atom. The van der Waals surface area contributed by atoms with Crippen LogP contribution < -0.4 is 0 Å². The summed E-state index contributed by atoms with van der Waals surface area (Å²) in [4.78, 5) is 12.3. The second-order valence-electron chi connectivity index (χ2n) is 7.41. The average molecular weight is 314 g/mol. The molecule has 1 saturated carbocycles. The van der Waals surface area contributed by atoms with Crippen molar-refractivity contribution in [3.8, 4) is 0 Å². The first-order valence-electron chi connectivity index (χ1n) is 8.73. The lowest BCUT2D eigenvalue weighted by Crippen LogP contribution is -2.40. The fraction of sp³-hybridized carbons (Fsp3) is 0.571. The van der Waals surface area contributed by atoms with Crippen molar-refractivity contribution in [1.29, 1.82) is 0 Å². The van der Waals surface area contributed by atoms with Gasteiger partial charge in [-0.1, -0.05) is 50.3 Å². The molecule has 2 atom stereocenters. The Kier molecular flexibility index (Phi) is 5.67. The quantitative estimate of drug-likeness (QED) is 0.546. The smallest absolute Gasteiger partial charge is 0.312 e. The molecule has 1 aromatic carbocycles. The number of hydrogen-bond donors (Lipinski definition) is 0. The molecule has 0 saturated heterocycles. The van der Waals surface area contributed by atoms with Crippen molar-refractivity contribution >= 4 is 5.97 Å². The van der Waals surface area contributed by atoms with Gasteiger partial charge in [0.25, 0.3) is 0 Å². The van der Waals surface area contributed by atoms with E-state index in [1.54, 1.807) is 0 Å². The minimum absolute atomic E-state index is 0.0840. The van der Waals surface area contributed by atoms with Crippen LogP contribution in [-0.4, -0.2) is 13.1 Å². The van der Waals surface area contributed by atoms with Crippen LogP contribution >= 0.6 is 0 Å². The summed E-state index contributed by atoms with van der Waals surface area (Å²) in [7, 11) is 1.49. The van der Waals surface area contributed by atoms with Crippen LogP contribution in [0.3, 0.4) is 0 Å². The van der Waals surface area contributed by atoms with Gasteiger partial charge in [-0.2, -0.15) is 0 Å². The number of hydrogen-bond acceptors (Lipinski definition) is 2. The summed E-state index contributed by atoms with van der Waals surface area (Å²) in [6.07, 6.45) is 4.91. The molecule has 1 aromatic rings. The van der Waals surface area contributed by atoms with Crippen LogP contribution in [0.15, 0.2) is 36.4 Å². The van der Waals surface area contributed by atoms with E-state index in [0.717, 1.165) is 32.1 Å². The van der Waals surface area contributed by atoms with Gasteiger partial charge < -0.3 is 4.74 Å². The van der Waals surface area contributed by atoms with Gasteiger partial charge in [0, 0.05) is 0 Å². The molecular weight excluding hydrogens is 284 g/mol. The lowest BCUT2D eigenvalue weighted by atomic mass is 9.63. The molecule has 2 nitrogen and oxygen atoms in total. The van der Waals surface area contributed by atoms with Gasteiger partial charge in [-0.05, 0) is 62.0 Å². The van der Waals surface area contributed by atoms with E-state index in [1.807, 2.05) is 0 Å². The summed E-state index contributed by atoms with van der Waals surface area (Å²) in [6.45, 7) is 10.7. The largest absolute Gasteiger partial charge is 0.469 e. The van der Waals surface area contributed by atoms with Crippen molar-refractivity contribution < 1.29 is 9.53 Å². The molecule has 0 unspecified atom stereocenters. The van der Waals surface area contributed by atoms with Gasteiger partial charge in [-0.3, -0.25) is 4.79 Å². The summed E-state index contributed by atoms with van der Waals surface area (Å²) >= 11 is 0. The van der Waals surface area contributed by atoms with Crippen LogP contribution in [0.2, 0.25) is 0 Å². The van der Waals surface area contributed by atoms with Gasteiger partial charge >= 0.3 is 5.97 Å². The predicted octanol–water partition coefficient (Wildman–Crippen LogP) is 5.28. The van der Waals surface area contributed by atoms with Crippen LogP contribution in [0.4, 0.5) is 0 Å². The molecule has 2 heteroatoms. The molecular formula is C21H30O2. The monoisotopic (exact) mass is 314 g/mol. The molecule has 23 heavy (non-hydrogen) atoms. The van der Waals surface area contributed by atoms with Crippen molar-refractivity contribution in [1.82, 2.24) is 0 Å². The second-order valence-corrected chi connectivity index (χ2v) is 7.41. The van der Waals surface area contributed by atoms with E-state index in [4.69, 9.17) is 4.74 Å². The Morgan fingerprint density at radius 3 is 2.83 bits per heavy atom. The summed E-state index contributed by atoms with van der Waals surface area (Å²) in [5.74, 6) is 0.672. The number of ether oxygens (including phenoxy) is 1. The van der Waals surface area contributed by atoms with E-state index in [2.05, 4.69) is 51.6 Å². The standard InChI is InChI=1S/C21H30O2/c1-15(2)18-10-6-9-17(14-18)11-12-19-16(3)8-7-13-21(19,4)20(22)23-5/h6,9-10,14-15,19H,3,7-8,11-13H2,1-2,4-5H3/t19-,21-/m1/s1. The van der Waals surface area contributed by atoms with Crippen molar-refractivity contribution in [3.05, 3.63) is 47.5 Å². The Bertz CT molecular complexity index is 573. The van der Waals surface area contributed by atoms with E-state index in [-0.39, 0.29) is 11.9 Å². The van der Waals surface area contributed by atoms with Crippen LogP contribution in [0.5, 0.6) is 0 Å². The molecule has 1 aliphatic carbocycles. The maximum Gasteiger partial charge on any atom is 0.312 e. The number of benzene rings is 1. The lowest BCUT2D eigenvalue weighted by molar-refractivity contribution is -0.156. The third kappa shape index (κ3) is 3.85. The molecule has 0 N–H and O–H groups in total. The Balaban J connectivity index is 2.14. The number of carbonyl (C=O) groups is 1. The van der Waals surface area contributed by atoms with Crippen LogP contribution in [0.25, 0.3) is 0 Å². The van der Waals surface area contributed by atoms with Gasteiger partial charge in [0.1, 0.15) is 0 Å². The highest BCUT2D eigenvalue weighted by Crippen LogP contribution is 2.46. The molecule has 1 fully saturated rings. The first-order valence-corrected chi connectivity index (χ1v) is 8.73. The molecule has 0 bridgehead atoms. The van der Waals surface area contributed by atoms with Gasteiger partial charge in [0.2, 0.25) is 0 Å². The molecule has 0 radical (unpaired) electrons. The first-order chi connectivity index (χ1) is 10.9. The van der Waals surface area contributed by atoms with E-state index < -0.39 is 5.41 Å². The van der Waals surface area contributed by atoms with Crippen molar-refractivity contribution in [2.75, 3.05) is 7.11 Å². The average Bonchev–Trinajstić information content (AvgIpc) is 2.53. The van der Waals surface area contributed by atoms with E-state index in [1.165, 1.54) is 23.8 Å². The van der Waals surface area contributed by atoms with Gasteiger partial charge in [0.15, 0.2) is 0 Å². The number of methoxy groups -OCH3 is 1. The van der Waals surface area contributed by atoms with E-state index >= 15 is 0 Å². The highest BCUT2D eigenvalue weighted by molar-refractivity contribution is 5.77. The third-order valence-electron chi connectivity index (χ3n) is 5.45. The zero-order chi connectivity index (χ0) is 17.0. The molecule has 0 spiro atoms. The number of esters is 1. The topological polar surface area (TPSA) is 26.3 Å². The zero-order valence-corrected chi connectivity index (χ0v) is 15.0. The highest BCUT2D eigenvalue weighted by Gasteiger charge is 2.45. The number of rotatable bonds is 5. The minimum Gasteiger partial charge on any atom is -0.469 e. The molecule has 0 heterocycles. The number of carbonyl (C=O) groups excluding carboxylic acids is 1. The Hall–Kier alpha value is -1.57. The Morgan fingerprint density at radius 1 is 1.43 bits per heavy atom. The third-order valence-corrected chi connectivity index (χ3v) is 5.45. The van der Waals surface area contributed by atoms with E-state index in [0.29, 0.717) is 5.92 Å². The fourth-order valence-electron chi connectivity index (χ4n) is 3.90. The number of allylic oxidation sites excluding steroid dienone is 1.